The van der Waals surface area contributed by atoms with Crippen molar-refractivity contribution in [2.75, 3.05) is 6.61 Å². The molecule has 0 aliphatic heterocycles. The summed E-state index contributed by atoms with van der Waals surface area (Å²) >= 11 is 2.43. The molecule has 0 saturated heterocycles. The van der Waals surface area contributed by atoms with Crippen molar-refractivity contribution in [3.05, 3.63) is 29.8 Å². The van der Waals surface area contributed by atoms with Gasteiger partial charge in [-0.3, -0.25) is 0 Å². The van der Waals surface area contributed by atoms with E-state index in [2.05, 4.69) is 41.6 Å². The number of aldehydes is 1. The van der Waals surface area contributed by atoms with E-state index >= 15 is 0 Å². The Morgan fingerprint density at radius 2 is 2.00 bits per heavy atom. The molecule has 100 valence electrons. The van der Waals surface area contributed by atoms with Crippen LogP contribution < -0.4 is 4.74 Å². The lowest BCUT2D eigenvalue weighted by atomic mass is 10.1. The van der Waals surface area contributed by atoms with Crippen molar-refractivity contribution in [3.8, 4) is 5.75 Å². The number of alkyl halides is 1. The van der Waals surface area contributed by atoms with E-state index < -0.39 is 0 Å². The Labute approximate surface area is 122 Å². The number of hydrogen-bond acceptors (Lipinski definition) is 3. The number of halogens is 1. The molecule has 1 rings (SSSR count). The second kappa shape index (κ2) is 8.48. The summed E-state index contributed by atoms with van der Waals surface area (Å²) in [6.45, 7) is 4.39. The lowest BCUT2D eigenvalue weighted by Gasteiger charge is -2.15. The topological polar surface area (TPSA) is 35.5 Å². The SMILES string of the molecule is CCC(I)c1ccc(OC(C)OCCC=O)cc1. The van der Waals surface area contributed by atoms with Crippen LogP contribution in [0.15, 0.2) is 24.3 Å². The van der Waals surface area contributed by atoms with Gasteiger partial charge in [0.25, 0.3) is 0 Å². The molecule has 0 aromatic heterocycles. The number of carbonyl (C=O) groups excluding carboxylic acids is 1. The first-order valence-electron chi connectivity index (χ1n) is 6.13. The first-order valence-corrected chi connectivity index (χ1v) is 7.37. The van der Waals surface area contributed by atoms with E-state index in [4.69, 9.17) is 9.47 Å². The van der Waals surface area contributed by atoms with E-state index in [9.17, 15) is 4.79 Å². The van der Waals surface area contributed by atoms with Crippen molar-refractivity contribution in [2.24, 2.45) is 0 Å². The van der Waals surface area contributed by atoms with Crippen LogP contribution >= 0.6 is 22.6 Å². The summed E-state index contributed by atoms with van der Waals surface area (Å²) in [6, 6.07) is 8.06. The van der Waals surface area contributed by atoms with Crippen molar-refractivity contribution >= 4 is 28.9 Å². The monoisotopic (exact) mass is 362 g/mol. The molecule has 0 saturated carbocycles. The van der Waals surface area contributed by atoms with E-state index in [1.165, 1.54) is 5.56 Å². The summed E-state index contributed by atoms with van der Waals surface area (Å²) in [6.07, 6.45) is 2.02. The first kappa shape index (κ1) is 15.4. The molecular formula is C14H19IO3. The van der Waals surface area contributed by atoms with Gasteiger partial charge in [0.2, 0.25) is 0 Å². The van der Waals surface area contributed by atoms with Crippen LogP contribution in [0.2, 0.25) is 0 Å². The quantitative estimate of drug-likeness (QED) is 0.231. The smallest absolute Gasteiger partial charge is 0.196 e. The number of ether oxygens (including phenoxy) is 2. The minimum absolute atomic E-state index is 0.336. The zero-order valence-corrected chi connectivity index (χ0v) is 12.9. The fourth-order valence-electron chi connectivity index (χ4n) is 1.50. The Morgan fingerprint density at radius 3 is 2.56 bits per heavy atom. The van der Waals surface area contributed by atoms with E-state index in [0.29, 0.717) is 17.0 Å². The van der Waals surface area contributed by atoms with Gasteiger partial charge in [-0.05, 0) is 31.0 Å². The van der Waals surface area contributed by atoms with Crippen LogP contribution in [0.5, 0.6) is 5.75 Å². The molecule has 0 radical (unpaired) electrons. The van der Waals surface area contributed by atoms with Gasteiger partial charge in [0.1, 0.15) is 12.0 Å². The predicted octanol–water partition coefficient (Wildman–Crippen LogP) is 3.90. The average molecular weight is 362 g/mol. The molecule has 2 atom stereocenters. The average Bonchev–Trinajstić information content (AvgIpc) is 2.39. The largest absolute Gasteiger partial charge is 0.465 e. The summed E-state index contributed by atoms with van der Waals surface area (Å²) in [5.41, 5.74) is 1.31. The van der Waals surface area contributed by atoms with Crippen LogP contribution in [0.4, 0.5) is 0 Å². The number of benzene rings is 1. The van der Waals surface area contributed by atoms with Crippen molar-refractivity contribution < 1.29 is 14.3 Å². The molecule has 0 aliphatic rings. The van der Waals surface area contributed by atoms with Gasteiger partial charge in [-0.25, -0.2) is 0 Å². The highest BCUT2D eigenvalue weighted by atomic mass is 127. The predicted molar refractivity (Wildman–Crippen MR) is 80.2 cm³/mol. The number of rotatable bonds is 8. The van der Waals surface area contributed by atoms with Crippen LogP contribution in [-0.2, 0) is 9.53 Å². The normalized spacial score (nSPS) is 13.9. The van der Waals surface area contributed by atoms with Gasteiger partial charge in [-0.1, -0.05) is 41.6 Å². The highest BCUT2D eigenvalue weighted by molar-refractivity contribution is 14.1. The van der Waals surface area contributed by atoms with Gasteiger partial charge in [0.15, 0.2) is 6.29 Å². The molecule has 2 unspecified atom stereocenters. The summed E-state index contributed by atoms with van der Waals surface area (Å²) in [4.78, 5) is 10.2. The summed E-state index contributed by atoms with van der Waals surface area (Å²) in [5, 5.41) is 0. The molecule has 0 amide bonds. The van der Waals surface area contributed by atoms with Crippen LogP contribution in [-0.4, -0.2) is 19.2 Å². The molecule has 0 heterocycles. The van der Waals surface area contributed by atoms with Crippen LogP contribution in [0.1, 0.15) is 36.2 Å². The van der Waals surface area contributed by atoms with E-state index in [1.807, 2.05) is 19.1 Å². The third-order valence-electron chi connectivity index (χ3n) is 2.49. The molecule has 3 nitrogen and oxygen atoms in total. The lowest BCUT2D eigenvalue weighted by Crippen LogP contribution is -2.17. The van der Waals surface area contributed by atoms with Crippen LogP contribution in [0.3, 0.4) is 0 Å². The molecule has 0 fully saturated rings. The Hall–Kier alpha value is -0.620. The van der Waals surface area contributed by atoms with Gasteiger partial charge in [-0.2, -0.15) is 0 Å². The second-order valence-electron chi connectivity index (χ2n) is 3.96. The highest BCUT2D eigenvalue weighted by Crippen LogP contribution is 2.28. The maximum atomic E-state index is 10.2. The summed E-state index contributed by atoms with van der Waals surface area (Å²) < 4.78 is 11.5. The maximum absolute atomic E-state index is 10.2. The number of hydrogen-bond donors (Lipinski definition) is 0. The van der Waals surface area contributed by atoms with E-state index in [0.717, 1.165) is 18.5 Å². The molecule has 18 heavy (non-hydrogen) atoms. The zero-order valence-electron chi connectivity index (χ0n) is 10.8. The molecular weight excluding hydrogens is 343 g/mol. The van der Waals surface area contributed by atoms with Crippen molar-refractivity contribution in [1.82, 2.24) is 0 Å². The van der Waals surface area contributed by atoms with Crippen molar-refractivity contribution in [2.45, 2.75) is 36.9 Å². The van der Waals surface area contributed by atoms with Crippen LogP contribution in [0.25, 0.3) is 0 Å². The van der Waals surface area contributed by atoms with Crippen molar-refractivity contribution in [1.29, 1.82) is 0 Å². The Kier molecular flexibility index (Phi) is 7.27. The Balaban J connectivity index is 2.45. The minimum atomic E-state index is -0.336. The van der Waals surface area contributed by atoms with Gasteiger partial charge < -0.3 is 14.3 Å². The fraction of sp³-hybridized carbons (Fsp3) is 0.500. The fourth-order valence-corrected chi connectivity index (χ4v) is 1.91. The molecule has 1 aromatic rings. The number of carbonyl (C=O) groups is 1. The van der Waals surface area contributed by atoms with Crippen molar-refractivity contribution in [3.63, 3.8) is 0 Å². The third kappa shape index (κ3) is 5.35. The first-order chi connectivity index (χ1) is 8.67. The van der Waals surface area contributed by atoms with Gasteiger partial charge >= 0.3 is 0 Å². The summed E-state index contributed by atoms with van der Waals surface area (Å²) in [5.74, 6) is 0.789. The van der Waals surface area contributed by atoms with E-state index in [-0.39, 0.29) is 6.29 Å². The summed E-state index contributed by atoms with van der Waals surface area (Å²) in [7, 11) is 0. The van der Waals surface area contributed by atoms with Gasteiger partial charge in [-0.15, -0.1) is 0 Å². The van der Waals surface area contributed by atoms with Gasteiger partial charge in [0, 0.05) is 10.3 Å². The molecule has 0 N–H and O–H groups in total. The van der Waals surface area contributed by atoms with Crippen LogP contribution in [0, 0.1) is 0 Å². The van der Waals surface area contributed by atoms with E-state index in [1.54, 1.807) is 0 Å². The molecule has 1 aromatic carbocycles. The van der Waals surface area contributed by atoms with Gasteiger partial charge in [0.05, 0.1) is 6.61 Å². The Bertz CT molecular complexity index is 351. The zero-order chi connectivity index (χ0) is 13.4. The Morgan fingerprint density at radius 1 is 1.33 bits per heavy atom. The molecule has 0 spiro atoms. The standard InChI is InChI=1S/C14H19IO3/c1-3-14(15)12-5-7-13(8-6-12)18-11(2)17-10-4-9-16/h5-9,11,14H,3-4,10H2,1-2H3. The maximum Gasteiger partial charge on any atom is 0.196 e. The highest BCUT2D eigenvalue weighted by Gasteiger charge is 2.06. The molecule has 0 bridgehead atoms. The molecule has 4 heteroatoms. The second-order valence-corrected chi connectivity index (χ2v) is 5.46. The lowest BCUT2D eigenvalue weighted by molar-refractivity contribution is -0.111. The molecule has 0 aliphatic carbocycles. The third-order valence-corrected chi connectivity index (χ3v) is 4.09. The minimum Gasteiger partial charge on any atom is -0.465 e.